The molecule has 1 atom stereocenters. The smallest absolute Gasteiger partial charge is 0.241 e. The first-order chi connectivity index (χ1) is 10.8. The van der Waals surface area contributed by atoms with Crippen LogP contribution in [0.15, 0.2) is 23.1 Å². The lowest BCUT2D eigenvalue weighted by molar-refractivity contribution is -0.122. The van der Waals surface area contributed by atoms with E-state index < -0.39 is 22.0 Å². The SMILES string of the molecule is CCOc1ccc(S(=O)(=O)N[C@H](C)C(=O)NCCCO)cc1C. The summed E-state index contributed by atoms with van der Waals surface area (Å²) in [6.45, 7) is 5.83. The van der Waals surface area contributed by atoms with Gasteiger partial charge < -0.3 is 15.2 Å². The van der Waals surface area contributed by atoms with Gasteiger partial charge in [-0.25, -0.2) is 8.42 Å². The molecule has 3 N–H and O–H groups in total. The van der Waals surface area contributed by atoms with Crippen LogP contribution in [-0.4, -0.2) is 45.2 Å². The van der Waals surface area contributed by atoms with Gasteiger partial charge in [-0.15, -0.1) is 0 Å². The average Bonchev–Trinajstić information content (AvgIpc) is 2.49. The first-order valence-corrected chi connectivity index (χ1v) is 8.94. The van der Waals surface area contributed by atoms with E-state index in [0.717, 1.165) is 0 Å². The molecule has 8 heteroatoms. The number of ether oxygens (including phenoxy) is 1. The second-order valence-corrected chi connectivity index (χ2v) is 6.79. The van der Waals surface area contributed by atoms with Crippen LogP contribution in [0.25, 0.3) is 0 Å². The minimum atomic E-state index is -3.81. The predicted molar refractivity (Wildman–Crippen MR) is 86.8 cm³/mol. The quantitative estimate of drug-likeness (QED) is 0.568. The molecule has 0 radical (unpaired) electrons. The zero-order valence-corrected chi connectivity index (χ0v) is 14.4. The van der Waals surface area contributed by atoms with Crippen LogP contribution >= 0.6 is 0 Å². The monoisotopic (exact) mass is 344 g/mol. The molecule has 0 spiro atoms. The van der Waals surface area contributed by atoms with E-state index in [1.54, 1.807) is 13.0 Å². The van der Waals surface area contributed by atoms with Crippen molar-refractivity contribution >= 4 is 15.9 Å². The second kappa shape index (κ2) is 8.85. The van der Waals surface area contributed by atoms with Gasteiger partial charge in [-0.05, 0) is 51.0 Å². The van der Waals surface area contributed by atoms with Gasteiger partial charge in [-0.1, -0.05) is 0 Å². The van der Waals surface area contributed by atoms with Crippen LogP contribution in [0.4, 0.5) is 0 Å². The summed E-state index contributed by atoms with van der Waals surface area (Å²) in [6, 6.07) is 3.63. The zero-order chi connectivity index (χ0) is 17.5. The van der Waals surface area contributed by atoms with Crippen LogP contribution in [0.2, 0.25) is 0 Å². The topological polar surface area (TPSA) is 105 Å². The molecule has 23 heavy (non-hydrogen) atoms. The molecule has 0 bridgehead atoms. The lowest BCUT2D eigenvalue weighted by Gasteiger charge is -2.15. The van der Waals surface area contributed by atoms with Crippen molar-refractivity contribution in [3.63, 3.8) is 0 Å². The number of aryl methyl sites for hydroxylation is 1. The summed E-state index contributed by atoms with van der Waals surface area (Å²) in [7, 11) is -3.81. The fourth-order valence-corrected chi connectivity index (χ4v) is 3.19. The Hall–Kier alpha value is -1.64. The van der Waals surface area contributed by atoms with Crippen molar-refractivity contribution in [3.05, 3.63) is 23.8 Å². The molecule has 0 fully saturated rings. The second-order valence-electron chi connectivity index (χ2n) is 5.07. The van der Waals surface area contributed by atoms with Crippen LogP contribution in [0.5, 0.6) is 5.75 Å². The normalized spacial score (nSPS) is 12.7. The van der Waals surface area contributed by atoms with Gasteiger partial charge in [0.15, 0.2) is 0 Å². The summed E-state index contributed by atoms with van der Waals surface area (Å²) >= 11 is 0. The predicted octanol–water partition coefficient (Wildman–Crippen LogP) is 0.559. The Bertz CT molecular complexity index is 631. The number of rotatable bonds is 9. The highest BCUT2D eigenvalue weighted by atomic mass is 32.2. The molecular formula is C15H24N2O5S. The Labute approximate surface area is 137 Å². The molecule has 1 aromatic rings. The summed E-state index contributed by atoms with van der Waals surface area (Å²) in [4.78, 5) is 11.9. The molecule has 0 unspecified atom stereocenters. The van der Waals surface area contributed by atoms with Gasteiger partial charge in [-0.3, -0.25) is 4.79 Å². The van der Waals surface area contributed by atoms with Gasteiger partial charge in [0.05, 0.1) is 17.5 Å². The largest absolute Gasteiger partial charge is 0.494 e. The molecule has 1 amide bonds. The van der Waals surface area contributed by atoms with Crippen molar-refractivity contribution in [2.75, 3.05) is 19.8 Å². The summed E-state index contributed by atoms with van der Waals surface area (Å²) in [5, 5.41) is 11.2. The standard InChI is InChI=1S/C15H24N2O5S/c1-4-22-14-7-6-13(10-11(14)2)23(20,21)17-12(3)15(19)16-8-5-9-18/h6-7,10,12,17-18H,4-5,8-9H2,1-3H3,(H,16,19)/t12-/m1/s1. The third-order valence-corrected chi connectivity index (χ3v) is 4.65. The highest BCUT2D eigenvalue weighted by Crippen LogP contribution is 2.21. The fraction of sp³-hybridized carbons (Fsp3) is 0.533. The minimum Gasteiger partial charge on any atom is -0.494 e. The maximum absolute atomic E-state index is 12.3. The Morgan fingerprint density at radius 2 is 2.09 bits per heavy atom. The van der Waals surface area contributed by atoms with Crippen LogP contribution in [0, 0.1) is 6.92 Å². The number of carbonyl (C=O) groups excluding carboxylic acids is 1. The van der Waals surface area contributed by atoms with E-state index in [4.69, 9.17) is 9.84 Å². The van der Waals surface area contributed by atoms with Gasteiger partial charge in [0.2, 0.25) is 15.9 Å². The summed E-state index contributed by atoms with van der Waals surface area (Å²) in [6.07, 6.45) is 0.420. The molecule has 0 saturated carbocycles. The first kappa shape index (κ1) is 19.4. The lowest BCUT2D eigenvalue weighted by Crippen LogP contribution is -2.45. The number of sulfonamides is 1. The van der Waals surface area contributed by atoms with Crippen LogP contribution in [0.3, 0.4) is 0 Å². The highest BCUT2D eigenvalue weighted by Gasteiger charge is 2.22. The zero-order valence-electron chi connectivity index (χ0n) is 13.6. The molecule has 1 aromatic carbocycles. The maximum Gasteiger partial charge on any atom is 0.241 e. The van der Waals surface area contributed by atoms with Crippen molar-refractivity contribution in [2.24, 2.45) is 0 Å². The van der Waals surface area contributed by atoms with E-state index >= 15 is 0 Å². The van der Waals surface area contributed by atoms with E-state index in [0.29, 0.717) is 30.9 Å². The van der Waals surface area contributed by atoms with Crippen LogP contribution in [-0.2, 0) is 14.8 Å². The number of aliphatic hydroxyl groups excluding tert-OH is 1. The number of hydrogen-bond acceptors (Lipinski definition) is 5. The van der Waals surface area contributed by atoms with E-state index in [1.807, 2.05) is 6.92 Å². The molecule has 0 aromatic heterocycles. The summed E-state index contributed by atoms with van der Waals surface area (Å²) in [5.74, 6) is 0.186. The number of aliphatic hydroxyl groups is 1. The molecular weight excluding hydrogens is 320 g/mol. The number of carbonyl (C=O) groups is 1. The lowest BCUT2D eigenvalue weighted by atomic mass is 10.2. The summed E-state index contributed by atoms with van der Waals surface area (Å²) < 4.78 is 32.4. The van der Waals surface area contributed by atoms with E-state index in [1.165, 1.54) is 19.1 Å². The summed E-state index contributed by atoms with van der Waals surface area (Å²) in [5.41, 5.74) is 0.703. The van der Waals surface area contributed by atoms with Gasteiger partial charge in [0.1, 0.15) is 5.75 Å². The van der Waals surface area contributed by atoms with Crippen molar-refractivity contribution in [1.29, 1.82) is 0 Å². The van der Waals surface area contributed by atoms with Crippen molar-refractivity contribution in [3.8, 4) is 5.75 Å². The molecule has 7 nitrogen and oxygen atoms in total. The van der Waals surface area contributed by atoms with Gasteiger partial charge >= 0.3 is 0 Å². The number of hydrogen-bond donors (Lipinski definition) is 3. The molecule has 1 rings (SSSR count). The Kier molecular flexibility index (Phi) is 7.47. The molecule has 0 aliphatic rings. The average molecular weight is 344 g/mol. The third kappa shape index (κ3) is 5.81. The van der Waals surface area contributed by atoms with Gasteiger partial charge in [0, 0.05) is 13.2 Å². The Balaban J connectivity index is 2.78. The third-order valence-electron chi connectivity index (χ3n) is 3.12. The highest BCUT2D eigenvalue weighted by molar-refractivity contribution is 7.89. The minimum absolute atomic E-state index is 0.0359. The van der Waals surface area contributed by atoms with E-state index in [2.05, 4.69) is 10.0 Å². The Morgan fingerprint density at radius 3 is 2.65 bits per heavy atom. The number of amides is 1. The van der Waals surface area contributed by atoms with Crippen molar-refractivity contribution in [2.45, 2.75) is 38.1 Å². The Morgan fingerprint density at radius 1 is 1.39 bits per heavy atom. The van der Waals surface area contributed by atoms with E-state index in [9.17, 15) is 13.2 Å². The molecule has 0 aliphatic heterocycles. The van der Waals surface area contributed by atoms with Gasteiger partial charge in [-0.2, -0.15) is 4.72 Å². The molecule has 130 valence electrons. The van der Waals surface area contributed by atoms with E-state index in [-0.39, 0.29) is 11.5 Å². The van der Waals surface area contributed by atoms with Gasteiger partial charge in [0.25, 0.3) is 0 Å². The first-order valence-electron chi connectivity index (χ1n) is 7.46. The van der Waals surface area contributed by atoms with Crippen LogP contribution in [0.1, 0.15) is 25.8 Å². The fourth-order valence-electron chi connectivity index (χ4n) is 1.90. The maximum atomic E-state index is 12.3. The molecule has 0 aliphatic carbocycles. The van der Waals surface area contributed by atoms with Crippen molar-refractivity contribution in [1.82, 2.24) is 10.0 Å². The number of nitrogens with one attached hydrogen (secondary N) is 2. The van der Waals surface area contributed by atoms with Crippen LogP contribution < -0.4 is 14.8 Å². The number of benzene rings is 1. The van der Waals surface area contributed by atoms with Crippen molar-refractivity contribution < 1.29 is 23.1 Å². The molecule has 0 heterocycles. The molecule has 0 saturated heterocycles.